The average Bonchev–Trinajstić information content (AvgIpc) is 2.60. The van der Waals surface area contributed by atoms with Crippen LogP contribution in [-0.4, -0.2) is 27.4 Å². The summed E-state index contributed by atoms with van der Waals surface area (Å²) in [4.78, 5) is 0. The molecule has 0 spiro atoms. The monoisotopic (exact) mass is 315 g/mol. The van der Waals surface area contributed by atoms with Gasteiger partial charge in [-0.15, -0.1) is 0 Å². The molecule has 124 valence electrons. The van der Waals surface area contributed by atoms with Crippen LogP contribution in [0, 0.1) is 0 Å². The molecule has 0 saturated heterocycles. The number of benzene rings is 2. The fraction of sp³-hybridized carbons (Fsp3) is 0.368. The van der Waals surface area contributed by atoms with Gasteiger partial charge in [0.25, 0.3) is 0 Å². The highest BCUT2D eigenvalue weighted by Crippen LogP contribution is 2.27. The average molecular weight is 315 g/mol. The van der Waals surface area contributed by atoms with Gasteiger partial charge in [0.15, 0.2) is 11.5 Å². The molecular weight excluding hydrogens is 290 g/mol. The lowest BCUT2D eigenvalue weighted by Gasteiger charge is -2.12. The van der Waals surface area contributed by atoms with Crippen molar-refractivity contribution in [3.05, 3.63) is 53.6 Å². The molecule has 2 aromatic carbocycles. The van der Waals surface area contributed by atoms with E-state index in [2.05, 4.69) is 17.4 Å². The van der Waals surface area contributed by atoms with Gasteiger partial charge in [0, 0.05) is 12.1 Å². The van der Waals surface area contributed by atoms with E-state index in [9.17, 15) is 0 Å². The molecule has 0 saturated carbocycles. The third kappa shape index (κ3) is 4.89. The minimum absolute atomic E-state index is 0.683. The van der Waals surface area contributed by atoms with Gasteiger partial charge in [-0.1, -0.05) is 24.3 Å². The molecule has 2 rings (SSSR count). The maximum atomic E-state index is 5.64. The van der Waals surface area contributed by atoms with Crippen LogP contribution >= 0.6 is 0 Å². The summed E-state index contributed by atoms with van der Waals surface area (Å²) in [6, 6.07) is 14.2. The number of hydrogen-bond donors (Lipinski definition) is 1. The van der Waals surface area contributed by atoms with Crippen LogP contribution in [-0.2, 0) is 13.0 Å². The standard InChI is InChI=1S/C19H25NO3/c1-4-23-17-8-6-5-7-16(17)14-20-12-11-15-9-10-18(21-2)19(13-15)22-3/h5-10,13,20H,4,11-12,14H2,1-3H3. The van der Waals surface area contributed by atoms with Gasteiger partial charge in [-0.25, -0.2) is 0 Å². The number of para-hydroxylation sites is 1. The Hall–Kier alpha value is -2.20. The fourth-order valence-electron chi connectivity index (χ4n) is 2.44. The molecule has 4 heteroatoms. The maximum Gasteiger partial charge on any atom is 0.160 e. The summed E-state index contributed by atoms with van der Waals surface area (Å²) in [7, 11) is 3.31. The third-order valence-corrected chi connectivity index (χ3v) is 3.63. The lowest BCUT2D eigenvalue weighted by Crippen LogP contribution is -2.17. The smallest absolute Gasteiger partial charge is 0.160 e. The van der Waals surface area contributed by atoms with E-state index in [1.807, 2.05) is 37.3 Å². The van der Waals surface area contributed by atoms with Gasteiger partial charge in [-0.05, 0) is 43.7 Å². The van der Waals surface area contributed by atoms with E-state index < -0.39 is 0 Å². The highest BCUT2D eigenvalue weighted by atomic mass is 16.5. The fourth-order valence-corrected chi connectivity index (χ4v) is 2.44. The van der Waals surface area contributed by atoms with E-state index in [0.717, 1.165) is 36.8 Å². The molecule has 0 unspecified atom stereocenters. The number of rotatable bonds is 9. The first-order valence-corrected chi connectivity index (χ1v) is 7.90. The quantitative estimate of drug-likeness (QED) is 0.720. The molecule has 0 fully saturated rings. The number of methoxy groups -OCH3 is 2. The van der Waals surface area contributed by atoms with Gasteiger partial charge in [0.05, 0.1) is 20.8 Å². The van der Waals surface area contributed by atoms with Crippen molar-refractivity contribution in [2.45, 2.75) is 19.9 Å². The van der Waals surface area contributed by atoms with Crippen LogP contribution in [0.1, 0.15) is 18.1 Å². The molecule has 0 amide bonds. The van der Waals surface area contributed by atoms with E-state index in [1.54, 1.807) is 14.2 Å². The first-order valence-electron chi connectivity index (χ1n) is 7.90. The van der Waals surface area contributed by atoms with Crippen LogP contribution in [0.3, 0.4) is 0 Å². The van der Waals surface area contributed by atoms with Gasteiger partial charge >= 0.3 is 0 Å². The van der Waals surface area contributed by atoms with Crippen molar-refractivity contribution in [3.8, 4) is 17.2 Å². The zero-order valence-corrected chi connectivity index (χ0v) is 14.1. The van der Waals surface area contributed by atoms with Crippen LogP contribution in [0.5, 0.6) is 17.2 Å². The third-order valence-electron chi connectivity index (χ3n) is 3.63. The zero-order chi connectivity index (χ0) is 16.5. The van der Waals surface area contributed by atoms with Gasteiger partial charge < -0.3 is 19.5 Å². The van der Waals surface area contributed by atoms with Crippen LogP contribution in [0.25, 0.3) is 0 Å². The van der Waals surface area contributed by atoms with E-state index >= 15 is 0 Å². The second-order valence-corrected chi connectivity index (χ2v) is 5.16. The zero-order valence-electron chi connectivity index (χ0n) is 14.1. The van der Waals surface area contributed by atoms with Crippen molar-refractivity contribution in [2.75, 3.05) is 27.4 Å². The second-order valence-electron chi connectivity index (χ2n) is 5.16. The van der Waals surface area contributed by atoms with E-state index in [1.165, 1.54) is 11.1 Å². The predicted molar refractivity (Wildman–Crippen MR) is 92.6 cm³/mol. The molecule has 23 heavy (non-hydrogen) atoms. The highest BCUT2D eigenvalue weighted by molar-refractivity contribution is 5.43. The molecule has 0 aromatic heterocycles. The molecule has 0 atom stereocenters. The van der Waals surface area contributed by atoms with Crippen molar-refractivity contribution in [3.63, 3.8) is 0 Å². The summed E-state index contributed by atoms with van der Waals surface area (Å²) in [5.74, 6) is 2.48. The molecule has 4 nitrogen and oxygen atoms in total. The van der Waals surface area contributed by atoms with Crippen molar-refractivity contribution in [1.82, 2.24) is 5.32 Å². The number of ether oxygens (including phenoxy) is 3. The summed E-state index contributed by atoms with van der Waals surface area (Å²) in [6.07, 6.45) is 0.928. The van der Waals surface area contributed by atoms with E-state index in [4.69, 9.17) is 14.2 Å². The Morgan fingerprint density at radius 1 is 0.913 bits per heavy atom. The Balaban J connectivity index is 1.86. The molecule has 0 radical (unpaired) electrons. The normalized spacial score (nSPS) is 10.4. The van der Waals surface area contributed by atoms with Gasteiger partial charge in [0.2, 0.25) is 0 Å². The Morgan fingerprint density at radius 3 is 2.43 bits per heavy atom. The number of nitrogens with one attached hydrogen (secondary N) is 1. The topological polar surface area (TPSA) is 39.7 Å². The lowest BCUT2D eigenvalue weighted by molar-refractivity contribution is 0.335. The van der Waals surface area contributed by atoms with Crippen LogP contribution in [0.15, 0.2) is 42.5 Å². The van der Waals surface area contributed by atoms with Crippen LogP contribution in [0.2, 0.25) is 0 Å². The van der Waals surface area contributed by atoms with E-state index in [-0.39, 0.29) is 0 Å². The second kappa shape index (κ2) is 9.06. The van der Waals surface area contributed by atoms with Gasteiger partial charge in [-0.2, -0.15) is 0 Å². The van der Waals surface area contributed by atoms with Gasteiger partial charge in [-0.3, -0.25) is 0 Å². The minimum atomic E-state index is 0.683. The summed E-state index contributed by atoms with van der Waals surface area (Å²) in [6.45, 7) is 4.36. The van der Waals surface area contributed by atoms with Crippen molar-refractivity contribution in [2.24, 2.45) is 0 Å². The van der Waals surface area contributed by atoms with Crippen LogP contribution in [0.4, 0.5) is 0 Å². The van der Waals surface area contributed by atoms with Crippen molar-refractivity contribution in [1.29, 1.82) is 0 Å². The molecule has 1 N–H and O–H groups in total. The van der Waals surface area contributed by atoms with Crippen molar-refractivity contribution < 1.29 is 14.2 Å². The first-order chi connectivity index (χ1) is 11.3. The Morgan fingerprint density at radius 2 is 1.70 bits per heavy atom. The maximum absolute atomic E-state index is 5.64. The predicted octanol–water partition coefficient (Wildman–Crippen LogP) is 3.43. The molecular formula is C19H25NO3. The Labute approximate surface area is 138 Å². The SMILES string of the molecule is CCOc1ccccc1CNCCc1ccc(OC)c(OC)c1. The summed E-state index contributed by atoms with van der Waals surface area (Å²) in [5, 5.41) is 3.46. The lowest BCUT2D eigenvalue weighted by atomic mass is 10.1. The summed E-state index contributed by atoms with van der Waals surface area (Å²) < 4.78 is 16.2. The van der Waals surface area contributed by atoms with Gasteiger partial charge in [0.1, 0.15) is 5.75 Å². The first kappa shape index (κ1) is 17.2. The molecule has 0 aliphatic heterocycles. The molecule has 0 bridgehead atoms. The van der Waals surface area contributed by atoms with E-state index in [0.29, 0.717) is 6.61 Å². The van der Waals surface area contributed by atoms with Crippen molar-refractivity contribution >= 4 is 0 Å². The number of hydrogen-bond acceptors (Lipinski definition) is 4. The molecule has 0 aliphatic carbocycles. The minimum Gasteiger partial charge on any atom is -0.494 e. The molecule has 0 heterocycles. The Bertz CT molecular complexity index is 613. The summed E-state index contributed by atoms with van der Waals surface area (Å²) in [5.41, 5.74) is 2.40. The molecule has 0 aliphatic rings. The molecule has 2 aromatic rings. The highest BCUT2D eigenvalue weighted by Gasteiger charge is 2.05. The summed E-state index contributed by atoms with van der Waals surface area (Å²) >= 11 is 0. The largest absolute Gasteiger partial charge is 0.494 e. The Kier molecular flexibility index (Phi) is 6.76. The van der Waals surface area contributed by atoms with Crippen LogP contribution < -0.4 is 19.5 Å².